The highest BCUT2D eigenvalue weighted by molar-refractivity contribution is 5.84. The van der Waals surface area contributed by atoms with Gasteiger partial charge in [-0.05, 0) is 56.0 Å². The van der Waals surface area contributed by atoms with E-state index in [1.165, 1.54) is 0 Å². The summed E-state index contributed by atoms with van der Waals surface area (Å²) in [7, 11) is 3.37. The van der Waals surface area contributed by atoms with E-state index in [4.69, 9.17) is 9.47 Å². The van der Waals surface area contributed by atoms with Gasteiger partial charge in [0.15, 0.2) is 0 Å². The third-order valence-corrected chi connectivity index (χ3v) is 5.71. The van der Waals surface area contributed by atoms with Gasteiger partial charge in [-0.1, -0.05) is 30.3 Å². The summed E-state index contributed by atoms with van der Waals surface area (Å²) >= 11 is 0. The number of nitrogens with zero attached hydrogens (tertiary/aromatic N) is 1. The Balaban J connectivity index is 1.70. The molecule has 4 rings (SSSR count). The van der Waals surface area contributed by atoms with Crippen LogP contribution in [-0.4, -0.2) is 37.6 Å². The first-order valence-corrected chi connectivity index (χ1v) is 10.0. The van der Waals surface area contributed by atoms with Gasteiger partial charge in [0, 0.05) is 17.6 Å². The van der Waals surface area contributed by atoms with Crippen molar-refractivity contribution in [1.29, 1.82) is 0 Å². The van der Waals surface area contributed by atoms with Gasteiger partial charge in [-0.2, -0.15) is 0 Å². The van der Waals surface area contributed by atoms with Gasteiger partial charge in [-0.25, -0.2) is 0 Å². The van der Waals surface area contributed by atoms with Crippen LogP contribution in [0.1, 0.15) is 48.9 Å². The van der Waals surface area contributed by atoms with Crippen molar-refractivity contribution in [2.75, 3.05) is 20.8 Å². The minimum Gasteiger partial charge on any atom is -0.497 e. The Morgan fingerprint density at radius 3 is 2.54 bits per heavy atom. The van der Waals surface area contributed by atoms with E-state index < -0.39 is 0 Å². The molecule has 0 radical (unpaired) electrons. The van der Waals surface area contributed by atoms with E-state index >= 15 is 0 Å². The standard InChI is InChI=1S/C23H28N2O3/c1-27-18-12-13-21(28-2)19(15-18)20-9-6-14-25(20)22(16-7-4-3-5-8-16)23(26)24-17-10-11-17/h3-5,7-8,12-13,15,17,20,22H,6,9-11,14H2,1-2H3,(H,24,26)/t20-,22+/m1/s1. The summed E-state index contributed by atoms with van der Waals surface area (Å²) in [6, 6.07) is 16.2. The average molecular weight is 380 g/mol. The molecule has 2 fully saturated rings. The molecule has 2 atom stereocenters. The fraction of sp³-hybridized carbons (Fsp3) is 0.435. The topological polar surface area (TPSA) is 50.8 Å². The third-order valence-electron chi connectivity index (χ3n) is 5.71. The lowest BCUT2D eigenvalue weighted by Crippen LogP contribution is -2.41. The summed E-state index contributed by atoms with van der Waals surface area (Å²) in [6.07, 6.45) is 4.20. The van der Waals surface area contributed by atoms with Crippen LogP contribution in [0.5, 0.6) is 11.5 Å². The molecule has 2 aliphatic rings. The summed E-state index contributed by atoms with van der Waals surface area (Å²) in [6.45, 7) is 0.878. The van der Waals surface area contributed by atoms with Crippen molar-refractivity contribution in [2.45, 2.75) is 43.8 Å². The van der Waals surface area contributed by atoms with Gasteiger partial charge >= 0.3 is 0 Å². The number of likely N-dealkylation sites (tertiary alicyclic amines) is 1. The first-order chi connectivity index (χ1) is 13.7. The van der Waals surface area contributed by atoms with Crippen molar-refractivity contribution in [2.24, 2.45) is 0 Å². The number of benzene rings is 2. The van der Waals surface area contributed by atoms with E-state index in [1.807, 2.05) is 36.4 Å². The molecule has 1 N–H and O–H groups in total. The first-order valence-electron chi connectivity index (χ1n) is 10.0. The molecular formula is C23H28N2O3. The molecular weight excluding hydrogens is 352 g/mol. The van der Waals surface area contributed by atoms with Crippen molar-refractivity contribution in [3.63, 3.8) is 0 Å². The number of carbonyl (C=O) groups is 1. The fourth-order valence-corrected chi connectivity index (χ4v) is 4.17. The van der Waals surface area contributed by atoms with E-state index in [0.29, 0.717) is 6.04 Å². The molecule has 0 aromatic heterocycles. The zero-order valence-electron chi connectivity index (χ0n) is 16.6. The second-order valence-electron chi connectivity index (χ2n) is 7.60. The van der Waals surface area contributed by atoms with Gasteiger partial charge in [0.05, 0.1) is 14.2 Å². The van der Waals surface area contributed by atoms with Crippen LogP contribution in [0.4, 0.5) is 0 Å². The molecule has 1 saturated carbocycles. The SMILES string of the molecule is COc1ccc(OC)c([C@H]2CCCN2[C@H](C(=O)NC2CC2)c2ccccc2)c1. The van der Waals surface area contributed by atoms with Crippen LogP contribution < -0.4 is 14.8 Å². The summed E-state index contributed by atoms with van der Waals surface area (Å²) in [5.74, 6) is 1.75. The van der Waals surface area contributed by atoms with Gasteiger partial charge in [0.2, 0.25) is 5.91 Å². The zero-order valence-corrected chi connectivity index (χ0v) is 16.6. The van der Waals surface area contributed by atoms with Crippen molar-refractivity contribution >= 4 is 5.91 Å². The Morgan fingerprint density at radius 2 is 1.86 bits per heavy atom. The minimum atomic E-state index is -0.301. The van der Waals surface area contributed by atoms with Gasteiger partial charge < -0.3 is 14.8 Å². The highest BCUT2D eigenvalue weighted by atomic mass is 16.5. The number of methoxy groups -OCH3 is 2. The second-order valence-corrected chi connectivity index (χ2v) is 7.60. The molecule has 1 aliphatic carbocycles. The molecule has 1 amide bonds. The quantitative estimate of drug-likeness (QED) is 0.792. The number of hydrogen-bond donors (Lipinski definition) is 1. The van der Waals surface area contributed by atoms with Crippen molar-refractivity contribution in [3.05, 3.63) is 59.7 Å². The fourth-order valence-electron chi connectivity index (χ4n) is 4.17. The smallest absolute Gasteiger partial charge is 0.242 e. The number of amides is 1. The lowest BCUT2D eigenvalue weighted by molar-refractivity contribution is -0.127. The lowest BCUT2D eigenvalue weighted by atomic mass is 9.98. The molecule has 0 spiro atoms. The molecule has 2 aromatic carbocycles. The van der Waals surface area contributed by atoms with Crippen LogP contribution in [0.15, 0.2) is 48.5 Å². The Morgan fingerprint density at radius 1 is 1.07 bits per heavy atom. The van der Waals surface area contributed by atoms with E-state index in [-0.39, 0.29) is 18.0 Å². The Hall–Kier alpha value is -2.53. The maximum atomic E-state index is 13.2. The summed E-state index contributed by atoms with van der Waals surface area (Å²) in [4.78, 5) is 15.6. The van der Waals surface area contributed by atoms with Crippen molar-refractivity contribution in [1.82, 2.24) is 10.2 Å². The average Bonchev–Trinajstić information content (AvgIpc) is 3.42. The summed E-state index contributed by atoms with van der Waals surface area (Å²) in [5.41, 5.74) is 2.12. The largest absolute Gasteiger partial charge is 0.497 e. The van der Waals surface area contributed by atoms with Gasteiger partial charge in [-0.15, -0.1) is 0 Å². The summed E-state index contributed by atoms with van der Waals surface area (Å²) in [5, 5.41) is 3.22. The van der Waals surface area contributed by atoms with E-state index in [9.17, 15) is 4.79 Å². The van der Waals surface area contributed by atoms with Gasteiger partial charge in [0.1, 0.15) is 17.5 Å². The van der Waals surface area contributed by atoms with Gasteiger partial charge in [0.25, 0.3) is 0 Å². The Kier molecular flexibility index (Phi) is 5.53. The minimum absolute atomic E-state index is 0.0995. The number of ether oxygens (including phenoxy) is 2. The van der Waals surface area contributed by atoms with Crippen LogP contribution in [0.3, 0.4) is 0 Å². The number of rotatable bonds is 7. The number of nitrogens with one attached hydrogen (secondary N) is 1. The molecule has 1 saturated heterocycles. The monoisotopic (exact) mass is 380 g/mol. The van der Waals surface area contributed by atoms with Crippen LogP contribution in [0.2, 0.25) is 0 Å². The Labute approximate surface area is 166 Å². The molecule has 28 heavy (non-hydrogen) atoms. The Bertz CT molecular complexity index is 820. The predicted molar refractivity (Wildman–Crippen MR) is 109 cm³/mol. The summed E-state index contributed by atoms with van der Waals surface area (Å²) < 4.78 is 11.1. The molecule has 1 heterocycles. The van der Waals surface area contributed by atoms with Crippen LogP contribution in [-0.2, 0) is 4.79 Å². The molecule has 0 unspecified atom stereocenters. The molecule has 5 nitrogen and oxygen atoms in total. The first kappa shape index (κ1) is 18.8. The molecule has 2 aromatic rings. The molecule has 5 heteroatoms. The molecule has 0 bridgehead atoms. The van der Waals surface area contributed by atoms with Crippen molar-refractivity contribution in [3.8, 4) is 11.5 Å². The number of hydrogen-bond acceptors (Lipinski definition) is 4. The predicted octanol–water partition coefficient (Wildman–Crippen LogP) is 3.86. The van der Waals surface area contributed by atoms with E-state index in [0.717, 1.165) is 54.9 Å². The van der Waals surface area contributed by atoms with E-state index in [2.05, 4.69) is 22.3 Å². The normalized spacial score (nSPS) is 20.6. The van der Waals surface area contributed by atoms with Crippen LogP contribution in [0.25, 0.3) is 0 Å². The zero-order chi connectivity index (χ0) is 19.5. The van der Waals surface area contributed by atoms with Crippen LogP contribution in [0, 0.1) is 0 Å². The number of carbonyl (C=O) groups excluding carboxylic acids is 1. The maximum absolute atomic E-state index is 13.2. The maximum Gasteiger partial charge on any atom is 0.242 e. The van der Waals surface area contributed by atoms with Gasteiger partial charge in [-0.3, -0.25) is 9.69 Å². The third kappa shape index (κ3) is 3.85. The van der Waals surface area contributed by atoms with E-state index in [1.54, 1.807) is 14.2 Å². The molecule has 148 valence electrons. The van der Waals surface area contributed by atoms with Crippen LogP contribution >= 0.6 is 0 Å². The lowest BCUT2D eigenvalue weighted by Gasteiger charge is -2.33. The highest BCUT2D eigenvalue weighted by Gasteiger charge is 2.39. The second kappa shape index (κ2) is 8.23. The highest BCUT2D eigenvalue weighted by Crippen LogP contribution is 2.43. The molecule has 1 aliphatic heterocycles. The van der Waals surface area contributed by atoms with Crippen molar-refractivity contribution < 1.29 is 14.3 Å².